The number of nitrogens with two attached hydrogens (primary N) is 1. The van der Waals surface area contributed by atoms with Crippen LogP contribution in [0.15, 0.2) is 0 Å². The second kappa shape index (κ2) is 6.17. The van der Waals surface area contributed by atoms with Crippen LogP contribution < -0.4 is 5.73 Å². The molecule has 1 spiro atoms. The monoisotopic (exact) mass is 295 g/mol. The van der Waals surface area contributed by atoms with E-state index in [2.05, 4.69) is 13.8 Å². The van der Waals surface area contributed by atoms with Crippen LogP contribution in [-0.4, -0.2) is 30.5 Å². The van der Waals surface area contributed by atoms with Crippen molar-refractivity contribution in [2.24, 2.45) is 17.6 Å². The Bertz CT molecular complexity index is 345. The van der Waals surface area contributed by atoms with Crippen molar-refractivity contribution in [3.05, 3.63) is 0 Å². The van der Waals surface area contributed by atoms with Gasteiger partial charge in [-0.3, -0.25) is 0 Å². The summed E-state index contributed by atoms with van der Waals surface area (Å²) >= 11 is 0. The lowest BCUT2D eigenvalue weighted by Gasteiger charge is -2.52. The van der Waals surface area contributed by atoms with Crippen LogP contribution in [0.5, 0.6) is 0 Å². The molecule has 3 nitrogen and oxygen atoms in total. The van der Waals surface area contributed by atoms with Crippen LogP contribution in [0.2, 0.25) is 0 Å². The van der Waals surface area contributed by atoms with Crippen LogP contribution in [0.4, 0.5) is 0 Å². The molecular weight excluding hydrogens is 262 g/mol. The summed E-state index contributed by atoms with van der Waals surface area (Å²) < 4.78 is 12.4. The van der Waals surface area contributed by atoms with Crippen LogP contribution in [0.1, 0.15) is 71.6 Å². The molecule has 1 heterocycles. The van der Waals surface area contributed by atoms with Gasteiger partial charge >= 0.3 is 0 Å². The Morgan fingerprint density at radius 1 is 1.19 bits per heavy atom. The van der Waals surface area contributed by atoms with E-state index in [0.29, 0.717) is 5.92 Å². The topological polar surface area (TPSA) is 44.5 Å². The van der Waals surface area contributed by atoms with Gasteiger partial charge in [-0.1, -0.05) is 6.92 Å². The summed E-state index contributed by atoms with van der Waals surface area (Å²) in [5.41, 5.74) is 6.94. The molecule has 2 atom stereocenters. The number of rotatable bonds is 4. The van der Waals surface area contributed by atoms with Crippen molar-refractivity contribution >= 4 is 0 Å². The Kier molecular flexibility index (Phi) is 4.63. The van der Waals surface area contributed by atoms with Gasteiger partial charge in [-0.05, 0) is 76.5 Å². The third kappa shape index (κ3) is 3.02. The third-order valence-corrected chi connectivity index (χ3v) is 6.46. The molecule has 3 fully saturated rings. The zero-order chi connectivity index (χ0) is 14.9. The highest BCUT2D eigenvalue weighted by Crippen LogP contribution is 2.48. The minimum absolute atomic E-state index is 0.0613. The van der Waals surface area contributed by atoms with Gasteiger partial charge in [-0.15, -0.1) is 0 Å². The van der Waals surface area contributed by atoms with Crippen molar-refractivity contribution in [1.29, 1.82) is 0 Å². The summed E-state index contributed by atoms with van der Waals surface area (Å²) in [6.45, 7) is 6.16. The Hall–Kier alpha value is -0.120. The van der Waals surface area contributed by atoms with E-state index in [0.717, 1.165) is 38.4 Å². The van der Waals surface area contributed by atoms with Crippen molar-refractivity contribution in [2.45, 2.75) is 88.9 Å². The van der Waals surface area contributed by atoms with Crippen LogP contribution >= 0.6 is 0 Å². The first-order valence-electron chi connectivity index (χ1n) is 9.13. The van der Waals surface area contributed by atoms with Gasteiger partial charge in [-0.25, -0.2) is 0 Å². The molecular formula is C18H33NO2. The summed E-state index contributed by atoms with van der Waals surface area (Å²) in [5.74, 6) is 1.41. The number of ether oxygens (including phenoxy) is 2. The van der Waals surface area contributed by atoms with Crippen LogP contribution in [-0.2, 0) is 9.47 Å². The standard InChI is InChI=1S/C18H33NO2/c1-3-20-18(10-5-14(2)6-11-18)16(19)15-7-12-21-17(13-15)8-4-9-17/h14-16H,3-13,19H2,1-2H3. The molecule has 0 aromatic carbocycles. The lowest BCUT2D eigenvalue weighted by atomic mass is 9.65. The quantitative estimate of drug-likeness (QED) is 0.861. The summed E-state index contributed by atoms with van der Waals surface area (Å²) in [6, 6.07) is 0.186. The summed E-state index contributed by atoms with van der Waals surface area (Å²) in [4.78, 5) is 0. The van der Waals surface area contributed by atoms with Gasteiger partial charge in [0.1, 0.15) is 0 Å². The molecule has 0 aromatic heterocycles. The second-order valence-electron chi connectivity index (χ2n) is 7.84. The molecule has 3 aliphatic rings. The van der Waals surface area contributed by atoms with E-state index >= 15 is 0 Å². The predicted molar refractivity (Wildman–Crippen MR) is 85.2 cm³/mol. The molecule has 1 saturated heterocycles. The Balaban J connectivity index is 1.69. The van der Waals surface area contributed by atoms with Gasteiger partial charge in [0.2, 0.25) is 0 Å². The molecule has 0 aromatic rings. The molecule has 21 heavy (non-hydrogen) atoms. The maximum atomic E-state index is 6.81. The molecule has 2 unspecified atom stereocenters. The van der Waals surface area contributed by atoms with Gasteiger partial charge in [0.05, 0.1) is 11.2 Å². The summed E-state index contributed by atoms with van der Waals surface area (Å²) in [5, 5.41) is 0. The molecule has 0 radical (unpaired) electrons. The van der Waals surface area contributed by atoms with Crippen molar-refractivity contribution in [3.63, 3.8) is 0 Å². The molecule has 3 rings (SSSR count). The lowest BCUT2D eigenvalue weighted by molar-refractivity contribution is -0.165. The molecule has 1 aliphatic heterocycles. The Labute approximate surface area is 129 Å². The fourth-order valence-corrected chi connectivity index (χ4v) is 4.83. The Morgan fingerprint density at radius 2 is 1.90 bits per heavy atom. The molecule has 2 saturated carbocycles. The maximum Gasteiger partial charge on any atom is 0.0835 e. The summed E-state index contributed by atoms with van der Waals surface area (Å²) in [6.07, 6.45) is 10.9. The van der Waals surface area contributed by atoms with Gasteiger partial charge in [0.15, 0.2) is 0 Å². The van der Waals surface area contributed by atoms with Gasteiger partial charge in [-0.2, -0.15) is 0 Å². The van der Waals surface area contributed by atoms with E-state index in [4.69, 9.17) is 15.2 Å². The third-order valence-electron chi connectivity index (χ3n) is 6.46. The smallest absolute Gasteiger partial charge is 0.0835 e. The molecule has 3 heteroatoms. The fourth-order valence-electron chi connectivity index (χ4n) is 4.83. The van der Waals surface area contributed by atoms with Gasteiger partial charge in [0, 0.05) is 19.3 Å². The van der Waals surface area contributed by atoms with E-state index in [-0.39, 0.29) is 17.2 Å². The van der Waals surface area contributed by atoms with E-state index in [1.807, 2.05) is 0 Å². The highest BCUT2D eigenvalue weighted by atomic mass is 16.5. The van der Waals surface area contributed by atoms with Crippen molar-refractivity contribution in [3.8, 4) is 0 Å². The minimum atomic E-state index is -0.0613. The summed E-state index contributed by atoms with van der Waals surface area (Å²) in [7, 11) is 0. The molecule has 0 bridgehead atoms. The molecule has 2 aliphatic carbocycles. The average molecular weight is 295 g/mol. The van der Waals surface area contributed by atoms with E-state index < -0.39 is 0 Å². The fraction of sp³-hybridized carbons (Fsp3) is 1.00. The lowest BCUT2D eigenvalue weighted by Crippen LogP contribution is -2.59. The SMILES string of the molecule is CCOC1(C(N)C2CCOC3(CCC3)C2)CCC(C)CC1. The zero-order valence-electron chi connectivity index (χ0n) is 13.9. The van der Waals surface area contributed by atoms with E-state index in [1.54, 1.807) is 0 Å². The molecule has 0 amide bonds. The van der Waals surface area contributed by atoms with Gasteiger partial charge in [0.25, 0.3) is 0 Å². The highest BCUT2D eigenvalue weighted by Gasteiger charge is 2.49. The van der Waals surface area contributed by atoms with Crippen molar-refractivity contribution in [2.75, 3.05) is 13.2 Å². The first-order valence-corrected chi connectivity index (χ1v) is 9.13. The molecule has 2 N–H and O–H groups in total. The van der Waals surface area contributed by atoms with Crippen LogP contribution in [0, 0.1) is 11.8 Å². The van der Waals surface area contributed by atoms with Crippen LogP contribution in [0.3, 0.4) is 0 Å². The zero-order valence-corrected chi connectivity index (χ0v) is 13.9. The molecule has 122 valence electrons. The highest BCUT2D eigenvalue weighted by molar-refractivity contribution is 5.03. The van der Waals surface area contributed by atoms with Crippen molar-refractivity contribution in [1.82, 2.24) is 0 Å². The normalized spacial score (nSPS) is 40.7. The first kappa shape index (κ1) is 15.8. The predicted octanol–water partition coefficient (Wildman–Crippen LogP) is 3.65. The van der Waals surface area contributed by atoms with Gasteiger partial charge < -0.3 is 15.2 Å². The first-order chi connectivity index (χ1) is 10.1. The average Bonchev–Trinajstić information content (AvgIpc) is 2.48. The minimum Gasteiger partial charge on any atom is -0.375 e. The maximum absolute atomic E-state index is 6.81. The Morgan fingerprint density at radius 3 is 2.48 bits per heavy atom. The number of hydrogen-bond acceptors (Lipinski definition) is 3. The van der Waals surface area contributed by atoms with Crippen molar-refractivity contribution < 1.29 is 9.47 Å². The van der Waals surface area contributed by atoms with Crippen LogP contribution in [0.25, 0.3) is 0 Å². The van der Waals surface area contributed by atoms with E-state index in [9.17, 15) is 0 Å². The second-order valence-corrected chi connectivity index (χ2v) is 7.84. The number of hydrogen-bond donors (Lipinski definition) is 1. The largest absolute Gasteiger partial charge is 0.375 e. The van der Waals surface area contributed by atoms with E-state index in [1.165, 1.54) is 38.5 Å².